The van der Waals surface area contributed by atoms with Crippen LogP contribution in [0, 0.1) is 0 Å². The SMILES string of the molecule is CN(C)c1ncc(-c2nccn2-c2cccc3c2nnn3C)cn1. The van der Waals surface area contributed by atoms with E-state index in [9.17, 15) is 0 Å². The number of rotatable bonds is 3. The Hall–Kier alpha value is -3.29. The largest absolute Gasteiger partial charge is 0.347 e. The summed E-state index contributed by atoms with van der Waals surface area (Å²) in [5.41, 5.74) is 3.55. The third-order valence-corrected chi connectivity index (χ3v) is 3.82. The maximum atomic E-state index is 4.47. The third-order valence-electron chi connectivity index (χ3n) is 3.82. The summed E-state index contributed by atoms with van der Waals surface area (Å²) in [5, 5.41) is 8.38. The molecule has 0 atom stereocenters. The number of aryl methyl sites for hydroxylation is 1. The zero-order valence-corrected chi connectivity index (χ0v) is 13.6. The van der Waals surface area contributed by atoms with Crippen molar-refractivity contribution in [1.82, 2.24) is 34.5 Å². The minimum Gasteiger partial charge on any atom is -0.347 e. The van der Waals surface area contributed by atoms with E-state index in [0.29, 0.717) is 5.95 Å². The van der Waals surface area contributed by atoms with Crippen molar-refractivity contribution in [3.8, 4) is 17.1 Å². The monoisotopic (exact) mass is 320 g/mol. The third kappa shape index (κ3) is 2.19. The molecular weight excluding hydrogens is 304 g/mol. The van der Waals surface area contributed by atoms with Crippen LogP contribution < -0.4 is 4.90 Å². The van der Waals surface area contributed by atoms with Gasteiger partial charge in [-0.05, 0) is 12.1 Å². The summed E-state index contributed by atoms with van der Waals surface area (Å²) >= 11 is 0. The highest BCUT2D eigenvalue weighted by Gasteiger charge is 2.14. The van der Waals surface area contributed by atoms with Crippen molar-refractivity contribution in [3.63, 3.8) is 0 Å². The molecule has 4 rings (SSSR count). The average molecular weight is 320 g/mol. The fraction of sp³-hybridized carbons (Fsp3) is 0.188. The highest BCUT2D eigenvalue weighted by atomic mass is 15.4. The Balaban J connectivity index is 1.85. The highest BCUT2D eigenvalue weighted by molar-refractivity contribution is 5.84. The van der Waals surface area contributed by atoms with Crippen molar-refractivity contribution in [3.05, 3.63) is 43.0 Å². The Bertz CT molecular complexity index is 997. The van der Waals surface area contributed by atoms with Crippen LogP contribution in [0.25, 0.3) is 28.1 Å². The lowest BCUT2D eigenvalue weighted by atomic mass is 10.2. The second-order valence-corrected chi connectivity index (χ2v) is 5.64. The molecule has 0 radical (unpaired) electrons. The van der Waals surface area contributed by atoms with Gasteiger partial charge in [0.05, 0.1) is 16.8 Å². The first kappa shape index (κ1) is 14.3. The van der Waals surface area contributed by atoms with E-state index < -0.39 is 0 Å². The van der Waals surface area contributed by atoms with Crippen molar-refractivity contribution < 1.29 is 0 Å². The molecule has 0 spiro atoms. The van der Waals surface area contributed by atoms with E-state index in [1.54, 1.807) is 23.3 Å². The molecule has 0 aliphatic heterocycles. The van der Waals surface area contributed by atoms with E-state index >= 15 is 0 Å². The number of imidazole rings is 1. The van der Waals surface area contributed by atoms with Crippen LogP contribution in [0.2, 0.25) is 0 Å². The summed E-state index contributed by atoms with van der Waals surface area (Å²) in [6, 6.07) is 5.97. The van der Waals surface area contributed by atoms with Gasteiger partial charge in [0.15, 0.2) is 0 Å². The Morgan fingerprint density at radius 1 is 1.04 bits per heavy atom. The van der Waals surface area contributed by atoms with Gasteiger partial charge in [-0.25, -0.2) is 19.6 Å². The molecular formula is C16H16N8. The van der Waals surface area contributed by atoms with E-state index in [0.717, 1.165) is 28.1 Å². The smallest absolute Gasteiger partial charge is 0.224 e. The molecule has 0 saturated heterocycles. The summed E-state index contributed by atoms with van der Waals surface area (Å²) in [7, 11) is 5.69. The summed E-state index contributed by atoms with van der Waals surface area (Å²) in [4.78, 5) is 15.1. The number of aromatic nitrogens is 7. The Kier molecular flexibility index (Phi) is 3.23. The van der Waals surface area contributed by atoms with Crippen molar-refractivity contribution in [2.75, 3.05) is 19.0 Å². The van der Waals surface area contributed by atoms with Crippen molar-refractivity contribution in [2.45, 2.75) is 0 Å². The van der Waals surface area contributed by atoms with Gasteiger partial charge in [-0.15, -0.1) is 5.10 Å². The predicted molar refractivity (Wildman–Crippen MR) is 91.0 cm³/mol. The maximum Gasteiger partial charge on any atom is 0.224 e. The Morgan fingerprint density at radius 3 is 2.58 bits per heavy atom. The van der Waals surface area contributed by atoms with Gasteiger partial charge in [0, 0.05) is 45.9 Å². The van der Waals surface area contributed by atoms with Crippen LogP contribution in [0.4, 0.5) is 5.95 Å². The van der Waals surface area contributed by atoms with E-state index in [2.05, 4.69) is 25.3 Å². The molecule has 1 aromatic carbocycles. The number of fused-ring (bicyclic) bond motifs is 1. The fourth-order valence-corrected chi connectivity index (χ4v) is 2.62. The minimum absolute atomic E-state index is 0.660. The number of anilines is 1. The molecule has 0 amide bonds. The van der Waals surface area contributed by atoms with Crippen LogP contribution in [0.15, 0.2) is 43.0 Å². The lowest BCUT2D eigenvalue weighted by molar-refractivity contribution is 0.736. The Morgan fingerprint density at radius 2 is 1.83 bits per heavy atom. The molecule has 3 heterocycles. The molecule has 0 bridgehead atoms. The van der Waals surface area contributed by atoms with E-state index in [1.807, 2.05) is 55.0 Å². The topological polar surface area (TPSA) is 77.5 Å². The molecule has 0 unspecified atom stereocenters. The summed E-state index contributed by atoms with van der Waals surface area (Å²) in [6.07, 6.45) is 7.21. The van der Waals surface area contributed by atoms with Gasteiger partial charge >= 0.3 is 0 Å². The van der Waals surface area contributed by atoms with E-state index in [1.165, 1.54) is 0 Å². The van der Waals surface area contributed by atoms with E-state index in [4.69, 9.17) is 0 Å². The normalized spacial score (nSPS) is 11.1. The van der Waals surface area contributed by atoms with Gasteiger partial charge in [-0.1, -0.05) is 11.3 Å². The molecule has 8 heteroatoms. The molecule has 8 nitrogen and oxygen atoms in total. The lowest BCUT2D eigenvalue weighted by Gasteiger charge is -2.11. The second-order valence-electron chi connectivity index (χ2n) is 5.64. The van der Waals surface area contributed by atoms with Gasteiger partial charge in [0.25, 0.3) is 0 Å². The first-order valence-electron chi connectivity index (χ1n) is 7.47. The number of nitrogens with zero attached hydrogens (tertiary/aromatic N) is 8. The minimum atomic E-state index is 0.660. The first-order chi connectivity index (χ1) is 11.6. The van der Waals surface area contributed by atoms with Gasteiger partial charge in [0.2, 0.25) is 5.95 Å². The Labute approximate surface area is 138 Å². The van der Waals surface area contributed by atoms with Crippen LogP contribution in [0.3, 0.4) is 0 Å². The van der Waals surface area contributed by atoms with Crippen molar-refractivity contribution in [1.29, 1.82) is 0 Å². The summed E-state index contributed by atoms with van der Waals surface area (Å²) in [5.74, 6) is 1.42. The van der Waals surface area contributed by atoms with Gasteiger partial charge in [-0.2, -0.15) is 0 Å². The van der Waals surface area contributed by atoms with Crippen molar-refractivity contribution in [2.24, 2.45) is 7.05 Å². The van der Waals surface area contributed by atoms with Gasteiger partial charge < -0.3 is 4.90 Å². The fourth-order valence-electron chi connectivity index (χ4n) is 2.62. The highest BCUT2D eigenvalue weighted by Crippen LogP contribution is 2.25. The van der Waals surface area contributed by atoms with Gasteiger partial charge in [-0.3, -0.25) is 4.57 Å². The van der Waals surface area contributed by atoms with E-state index in [-0.39, 0.29) is 0 Å². The zero-order chi connectivity index (χ0) is 16.7. The van der Waals surface area contributed by atoms with Gasteiger partial charge in [0.1, 0.15) is 11.3 Å². The molecule has 0 saturated carbocycles. The molecule has 24 heavy (non-hydrogen) atoms. The number of hydrogen-bond acceptors (Lipinski definition) is 6. The van der Waals surface area contributed by atoms with Crippen LogP contribution >= 0.6 is 0 Å². The number of hydrogen-bond donors (Lipinski definition) is 0. The second kappa shape index (κ2) is 5.41. The average Bonchev–Trinajstić information content (AvgIpc) is 3.22. The molecule has 3 aromatic heterocycles. The lowest BCUT2D eigenvalue weighted by Crippen LogP contribution is -2.12. The van der Waals surface area contributed by atoms with Crippen molar-refractivity contribution >= 4 is 17.0 Å². The summed E-state index contributed by atoms with van der Waals surface area (Å²) < 4.78 is 3.73. The van der Waals surface area contributed by atoms with Crippen LogP contribution in [-0.2, 0) is 7.05 Å². The summed E-state index contributed by atoms with van der Waals surface area (Å²) in [6.45, 7) is 0. The molecule has 0 aliphatic carbocycles. The predicted octanol–water partition coefficient (Wildman–Crippen LogP) is 1.68. The van der Waals surface area contributed by atoms with Crippen LogP contribution in [-0.4, -0.2) is 48.6 Å². The molecule has 4 aromatic rings. The maximum absolute atomic E-state index is 4.47. The zero-order valence-electron chi connectivity index (χ0n) is 13.6. The molecule has 0 aliphatic rings. The molecule has 0 N–H and O–H groups in total. The number of benzene rings is 1. The van der Waals surface area contributed by atoms with Crippen LogP contribution in [0.5, 0.6) is 0 Å². The standard InChI is InChI=1S/C16H16N8/c1-22(2)16-18-9-11(10-19-16)15-17-7-8-24(15)13-6-4-5-12-14(13)20-21-23(12)3/h4-10H,1-3H3. The molecule has 120 valence electrons. The first-order valence-corrected chi connectivity index (χ1v) is 7.47. The quantitative estimate of drug-likeness (QED) is 0.571. The van der Waals surface area contributed by atoms with Crippen LogP contribution in [0.1, 0.15) is 0 Å². The molecule has 0 fully saturated rings.